The van der Waals surface area contributed by atoms with E-state index in [0.29, 0.717) is 11.1 Å². The first-order valence-corrected chi connectivity index (χ1v) is 13.4. The Hall–Kier alpha value is -2.87. The van der Waals surface area contributed by atoms with Gasteiger partial charge in [0.1, 0.15) is 5.75 Å². The fourth-order valence-corrected chi connectivity index (χ4v) is 8.12. The van der Waals surface area contributed by atoms with Gasteiger partial charge >= 0.3 is 0 Å². The van der Waals surface area contributed by atoms with Crippen molar-refractivity contribution in [1.29, 1.82) is 0 Å². The monoisotopic (exact) mass is 572 g/mol. The molecule has 6 atom stereocenters. The highest BCUT2D eigenvalue weighted by molar-refractivity contribution is 6.53. The van der Waals surface area contributed by atoms with Crippen molar-refractivity contribution >= 4 is 58.4 Å². The average molecular weight is 574 g/mol. The fourth-order valence-electron chi connectivity index (χ4n) is 6.83. The minimum absolute atomic E-state index is 0.0790. The molecule has 4 aliphatic rings. The molecule has 0 unspecified atom stereocenters. The minimum Gasteiger partial charge on any atom is -0.508 e. The van der Waals surface area contributed by atoms with Gasteiger partial charge in [0.2, 0.25) is 11.8 Å². The molecule has 2 aliphatic carbocycles. The maximum absolute atomic E-state index is 13.8. The van der Waals surface area contributed by atoms with Crippen molar-refractivity contribution in [2.75, 3.05) is 7.05 Å². The van der Waals surface area contributed by atoms with Gasteiger partial charge in [-0.3, -0.25) is 29.0 Å². The van der Waals surface area contributed by atoms with Gasteiger partial charge in [-0.15, -0.1) is 23.2 Å². The van der Waals surface area contributed by atoms with E-state index in [4.69, 9.17) is 34.8 Å². The van der Waals surface area contributed by atoms with Gasteiger partial charge in [-0.2, -0.15) is 0 Å². The van der Waals surface area contributed by atoms with Gasteiger partial charge in [-0.05, 0) is 42.0 Å². The molecule has 2 aromatic carbocycles. The maximum Gasteiger partial charge on any atom is 0.253 e. The van der Waals surface area contributed by atoms with Crippen molar-refractivity contribution < 1.29 is 24.3 Å². The lowest BCUT2D eigenvalue weighted by atomic mass is 9.56. The zero-order chi connectivity index (χ0) is 27.1. The molecule has 2 aliphatic heterocycles. The average Bonchev–Trinajstić information content (AvgIpc) is 3.20. The standard InChI is InChI=1S/C28H23Cl3N2O5/c1-32-25(37)27(30)12-19-16(22(28(27,31)26(32)38)17-8-7-15(34)11-20(17)29)9-10-18-21(19)24(36)33(23(18)35)13-14-5-3-2-4-6-14/h2-9,11,18-19,21-22,34H,10,12-13H2,1H3/t18-,19+,21-,22+,27+,28-/m0/s1. The van der Waals surface area contributed by atoms with E-state index in [1.54, 1.807) is 6.07 Å². The second-order valence-electron chi connectivity index (χ2n) is 10.5. The summed E-state index contributed by atoms with van der Waals surface area (Å²) >= 11 is 20.8. The Morgan fingerprint density at radius 2 is 1.68 bits per heavy atom. The van der Waals surface area contributed by atoms with Crippen molar-refractivity contribution in [2.24, 2.45) is 17.8 Å². The van der Waals surface area contributed by atoms with E-state index in [0.717, 1.165) is 10.5 Å². The van der Waals surface area contributed by atoms with E-state index in [9.17, 15) is 24.3 Å². The van der Waals surface area contributed by atoms with Crippen molar-refractivity contribution in [3.05, 3.63) is 76.3 Å². The predicted molar refractivity (Wildman–Crippen MR) is 141 cm³/mol. The molecule has 3 fully saturated rings. The lowest BCUT2D eigenvalue weighted by Crippen LogP contribution is -2.60. The number of carbonyl (C=O) groups excluding carboxylic acids is 4. The summed E-state index contributed by atoms with van der Waals surface area (Å²) < 4.78 is 0. The van der Waals surface area contributed by atoms with Crippen LogP contribution in [0.5, 0.6) is 5.75 Å². The van der Waals surface area contributed by atoms with Gasteiger partial charge in [0.25, 0.3) is 11.8 Å². The lowest BCUT2D eigenvalue weighted by Gasteiger charge is -2.51. The number of likely N-dealkylation sites (tertiary alicyclic amines) is 2. The Morgan fingerprint density at radius 3 is 2.37 bits per heavy atom. The molecule has 196 valence electrons. The zero-order valence-electron chi connectivity index (χ0n) is 20.2. The maximum atomic E-state index is 13.8. The number of alkyl halides is 2. The Labute approximate surface area is 233 Å². The number of imide groups is 2. The van der Waals surface area contributed by atoms with Crippen LogP contribution in [0, 0.1) is 17.8 Å². The molecule has 10 heteroatoms. The molecule has 38 heavy (non-hydrogen) atoms. The normalized spacial score (nSPS) is 34.3. The number of halogens is 3. The van der Waals surface area contributed by atoms with Gasteiger partial charge < -0.3 is 5.11 Å². The van der Waals surface area contributed by atoms with E-state index in [-0.39, 0.29) is 42.0 Å². The molecule has 4 amide bonds. The van der Waals surface area contributed by atoms with Crippen molar-refractivity contribution in [1.82, 2.24) is 9.80 Å². The van der Waals surface area contributed by atoms with Crippen LogP contribution >= 0.6 is 34.8 Å². The fraction of sp³-hybridized carbons (Fsp3) is 0.357. The highest BCUT2D eigenvalue weighted by Gasteiger charge is 2.76. The van der Waals surface area contributed by atoms with Crippen LogP contribution in [0.15, 0.2) is 60.2 Å². The highest BCUT2D eigenvalue weighted by Crippen LogP contribution is 2.65. The molecule has 2 saturated heterocycles. The summed E-state index contributed by atoms with van der Waals surface area (Å²) in [5.74, 6) is -4.93. The van der Waals surface area contributed by atoms with Crippen molar-refractivity contribution in [2.45, 2.75) is 35.1 Å². The van der Waals surface area contributed by atoms with Crippen LogP contribution in [-0.2, 0) is 25.7 Å². The third-order valence-electron chi connectivity index (χ3n) is 8.58. The largest absolute Gasteiger partial charge is 0.508 e. The number of rotatable bonds is 3. The van der Waals surface area contributed by atoms with Crippen molar-refractivity contribution in [3.63, 3.8) is 0 Å². The van der Waals surface area contributed by atoms with Crippen LogP contribution in [0.25, 0.3) is 0 Å². The number of phenols is 1. The lowest BCUT2D eigenvalue weighted by molar-refractivity contribution is -0.141. The summed E-state index contributed by atoms with van der Waals surface area (Å²) in [4.78, 5) is 52.7. The first-order chi connectivity index (χ1) is 18.0. The number of aromatic hydroxyl groups is 1. The van der Waals surface area contributed by atoms with Gasteiger partial charge in [-0.25, -0.2) is 0 Å². The summed E-state index contributed by atoms with van der Waals surface area (Å²) in [6.45, 7) is 0.145. The topological polar surface area (TPSA) is 95.0 Å². The Morgan fingerprint density at radius 1 is 0.974 bits per heavy atom. The summed E-state index contributed by atoms with van der Waals surface area (Å²) in [7, 11) is 1.33. The number of amides is 4. The molecule has 0 aromatic heterocycles. The van der Waals surface area contributed by atoms with Crippen molar-refractivity contribution in [3.8, 4) is 5.75 Å². The molecule has 0 bridgehead atoms. The predicted octanol–water partition coefficient (Wildman–Crippen LogP) is 4.23. The van der Waals surface area contributed by atoms with Crippen LogP contribution in [0.4, 0.5) is 0 Å². The van der Waals surface area contributed by atoms with Gasteiger partial charge in [0.05, 0.1) is 18.4 Å². The smallest absolute Gasteiger partial charge is 0.253 e. The Bertz CT molecular complexity index is 1450. The van der Waals surface area contributed by atoms with Crippen LogP contribution in [-0.4, -0.2) is 55.3 Å². The third-order valence-corrected chi connectivity index (χ3v) is 10.3. The van der Waals surface area contributed by atoms with Crippen LogP contribution in [0.3, 0.4) is 0 Å². The van der Waals surface area contributed by atoms with Crippen LogP contribution in [0.1, 0.15) is 29.9 Å². The molecule has 2 heterocycles. The number of benzene rings is 2. The molecule has 1 saturated carbocycles. The highest BCUT2D eigenvalue weighted by atomic mass is 35.5. The second kappa shape index (κ2) is 8.57. The number of phenolic OH excluding ortho intramolecular Hbond substituents is 1. The van der Waals surface area contributed by atoms with Crippen LogP contribution in [0.2, 0.25) is 5.02 Å². The second-order valence-corrected chi connectivity index (χ2v) is 12.1. The molecule has 7 nitrogen and oxygen atoms in total. The first kappa shape index (κ1) is 25.4. The molecular formula is C28H23Cl3N2O5. The van der Waals surface area contributed by atoms with E-state index >= 15 is 0 Å². The van der Waals surface area contributed by atoms with Gasteiger partial charge in [-0.1, -0.05) is 59.6 Å². The summed E-state index contributed by atoms with van der Waals surface area (Å²) in [5.41, 5.74) is 1.89. The van der Waals surface area contributed by atoms with E-state index in [1.807, 2.05) is 36.4 Å². The number of hydrogen-bond donors (Lipinski definition) is 1. The molecule has 0 radical (unpaired) electrons. The minimum atomic E-state index is -1.91. The van der Waals surface area contributed by atoms with Crippen LogP contribution < -0.4 is 0 Å². The molecule has 0 spiro atoms. The summed E-state index contributed by atoms with van der Waals surface area (Å²) in [6.07, 6.45) is 2.05. The number of hydrogen-bond acceptors (Lipinski definition) is 5. The van der Waals surface area contributed by atoms with E-state index < -0.39 is 45.2 Å². The number of allylic oxidation sites excluding steroid dienone is 2. The Kier molecular flexibility index (Phi) is 5.73. The molecular weight excluding hydrogens is 551 g/mol. The quantitative estimate of drug-likeness (QED) is 0.337. The van der Waals surface area contributed by atoms with E-state index in [2.05, 4.69) is 0 Å². The summed E-state index contributed by atoms with van der Waals surface area (Å²) in [6, 6.07) is 13.6. The zero-order valence-corrected chi connectivity index (χ0v) is 22.5. The third kappa shape index (κ3) is 3.22. The summed E-state index contributed by atoms with van der Waals surface area (Å²) in [5, 5.41) is 10.1. The number of carbonyl (C=O) groups is 4. The number of fused-ring (bicyclic) bond motifs is 4. The van der Waals surface area contributed by atoms with Gasteiger partial charge in [0.15, 0.2) is 9.75 Å². The van der Waals surface area contributed by atoms with Gasteiger partial charge in [0, 0.05) is 18.0 Å². The first-order valence-electron chi connectivity index (χ1n) is 12.3. The molecule has 2 aromatic rings. The number of nitrogens with zero attached hydrogens (tertiary/aromatic N) is 2. The SMILES string of the molecule is CN1C(=O)[C@]2(Cl)C[C@@H]3C(=CC[C@@H]4C(=O)N(Cc5ccccc5)C(=O)[C@@H]43)[C@H](c3ccc(O)cc3Cl)[C@]2(Cl)C1=O. The Balaban J connectivity index is 1.49. The molecule has 1 N–H and O–H groups in total. The molecule has 6 rings (SSSR count). The van der Waals surface area contributed by atoms with E-state index in [1.165, 1.54) is 24.1 Å².